The van der Waals surface area contributed by atoms with Crippen LogP contribution in [-0.4, -0.2) is 4.57 Å². The summed E-state index contributed by atoms with van der Waals surface area (Å²) in [5, 5.41) is 2.56. The third-order valence-electron chi connectivity index (χ3n) is 14.0. The molecule has 49 heavy (non-hydrogen) atoms. The molecular weight excluding hydrogens is 593 g/mol. The van der Waals surface area contributed by atoms with Gasteiger partial charge < -0.3 is 9.47 Å². The lowest BCUT2D eigenvalue weighted by Crippen LogP contribution is -2.54. The lowest BCUT2D eigenvalue weighted by molar-refractivity contribution is -0.0173. The topological polar surface area (TPSA) is 8.17 Å². The summed E-state index contributed by atoms with van der Waals surface area (Å²) in [5.41, 5.74) is 13.7. The van der Waals surface area contributed by atoms with E-state index in [4.69, 9.17) is 0 Å². The van der Waals surface area contributed by atoms with Crippen LogP contribution in [0.1, 0.15) is 36.8 Å². The van der Waals surface area contributed by atoms with Gasteiger partial charge in [-0.2, -0.15) is 0 Å². The summed E-state index contributed by atoms with van der Waals surface area (Å²) in [6.45, 7) is 0. The van der Waals surface area contributed by atoms with Gasteiger partial charge in [-0.05, 0) is 138 Å². The first-order valence-electron chi connectivity index (χ1n) is 18.5. The molecule has 2 nitrogen and oxygen atoms in total. The van der Waals surface area contributed by atoms with Gasteiger partial charge in [0, 0.05) is 38.9 Å². The minimum atomic E-state index is 0.199. The van der Waals surface area contributed by atoms with E-state index in [-0.39, 0.29) is 5.41 Å². The molecule has 7 aromatic rings. The van der Waals surface area contributed by atoms with Crippen LogP contribution in [0.2, 0.25) is 0 Å². The van der Waals surface area contributed by atoms with Gasteiger partial charge in [-0.15, -0.1) is 0 Å². The first-order chi connectivity index (χ1) is 24.3. The van der Waals surface area contributed by atoms with Crippen LogP contribution < -0.4 is 4.90 Å². The van der Waals surface area contributed by atoms with E-state index in [1.54, 1.807) is 11.1 Å². The van der Waals surface area contributed by atoms with Crippen molar-refractivity contribution in [2.45, 2.75) is 31.1 Å². The normalized spacial score (nSPS) is 28.2. The monoisotopic (exact) mass is 630 g/mol. The molecule has 1 spiro atoms. The van der Waals surface area contributed by atoms with Gasteiger partial charge in [-0.1, -0.05) is 91.0 Å². The van der Waals surface area contributed by atoms with Gasteiger partial charge in [0.1, 0.15) is 0 Å². The molecule has 0 aliphatic heterocycles. The highest BCUT2D eigenvalue weighted by Gasteiger charge is 2.71. The van der Waals surface area contributed by atoms with E-state index in [2.05, 4.69) is 155 Å². The minimum absolute atomic E-state index is 0.199. The van der Waals surface area contributed by atoms with E-state index < -0.39 is 0 Å². The number of aromatic nitrogens is 1. The van der Waals surface area contributed by atoms with Gasteiger partial charge in [0.15, 0.2) is 0 Å². The number of anilines is 3. The molecule has 2 heteroatoms. The zero-order chi connectivity index (χ0) is 31.8. The zero-order valence-electron chi connectivity index (χ0n) is 27.5. The lowest BCUT2D eigenvalue weighted by Gasteiger charge is -2.58. The molecule has 1 aromatic heterocycles. The lowest BCUT2D eigenvalue weighted by atomic mass is 9.45. The largest absolute Gasteiger partial charge is 0.310 e. The van der Waals surface area contributed by atoms with Gasteiger partial charge >= 0.3 is 0 Å². The van der Waals surface area contributed by atoms with Crippen LogP contribution in [-0.2, 0) is 5.41 Å². The van der Waals surface area contributed by atoms with Gasteiger partial charge in [0.2, 0.25) is 0 Å². The summed E-state index contributed by atoms with van der Waals surface area (Å²) >= 11 is 0. The number of para-hydroxylation sites is 3. The molecule has 0 saturated heterocycles. The van der Waals surface area contributed by atoms with Crippen LogP contribution in [0.15, 0.2) is 146 Å². The van der Waals surface area contributed by atoms with Crippen LogP contribution in [0.4, 0.5) is 17.1 Å². The van der Waals surface area contributed by atoms with Crippen molar-refractivity contribution in [1.29, 1.82) is 0 Å². The second kappa shape index (κ2) is 9.54. The molecule has 6 aromatic carbocycles. The van der Waals surface area contributed by atoms with Crippen molar-refractivity contribution in [2.24, 2.45) is 35.5 Å². The van der Waals surface area contributed by atoms with Crippen LogP contribution in [0.5, 0.6) is 0 Å². The molecule has 13 rings (SSSR count). The summed E-state index contributed by atoms with van der Waals surface area (Å²) in [7, 11) is 0. The minimum Gasteiger partial charge on any atom is -0.310 e. The van der Waals surface area contributed by atoms with Crippen LogP contribution in [0, 0.1) is 35.5 Å². The zero-order valence-corrected chi connectivity index (χ0v) is 27.5. The summed E-state index contributed by atoms with van der Waals surface area (Å²) in [4.78, 5) is 2.48. The predicted molar refractivity (Wildman–Crippen MR) is 201 cm³/mol. The molecule has 7 unspecified atom stereocenters. The highest BCUT2D eigenvalue weighted by molar-refractivity contribution is 6.10. The van der Waals surface area contributed by atoms with E-state index in [0.29, 0.717) is 0 Å². The fraction of sp³-hybridized carbons (Fsp3) is 0.234. The highest BCUT2D eigenvalue weighted by atomic mass is 15.1. The molecule has 1 heterocycles. The number of nitrogens with zero attached hydrogens (tertiary/aromatic N) is 2. The number of benzene rings is 6. The number of hydrogen-bond acceptors (Lipinski definition) is 1. The highest BCUT2D eigenvalue weighted by Crippen LogP contribution is 2.77. The molecule has 0 N–H and O–H groups in total. The third kappa shape index (κ3) is 3.33. The van der Waals surface area contributed by atoms with Gasteiger partial charge in [-0.3, -0.25) is 0 Å². The summed E-state index contributed by atoms with van der Waals surface area (Å²) in [6, 6.07) is 54.8. The fourth-order valence-corrected chi connectivity index (χ4v) is 12.6. The molecule has 6 aliphatic rings. The molecule has 5 saturated carbocycles. The van der Waals surface area contributed by atoms with Crippen LogP contribution >= 0.6 is 0 Å². The Labute approximate surface area is 287 Å². The second-order valence-corrected chi connectivity index (χ2v) is 15.7. The number of fused-ring (bicyclic) bond motifs is 6. The Kier molecular flexibility index (Phi) is 5.22. The Balaban J connectivity index is 1.07. The standard InChI is InChI=1S/C47H38N2/c1-3-11-32(12-4-1)48(35-19-21-38-37-16-8-10-18-44(37)49(45(38)28-35)33-13-5-2-6-14-33)34-20-22-42-40(27-34)36-15-7-9-17-41(36)47(42)31-24-30-23-29-25-43(47)46(30)39(29)26-31/h1-22,27-31,39,43,46H,23-26H2. The van der Waals surface area contributed by atoms with Gasteiger partial charge in [0.05, 0.1) is 11.0 Å². The Morgan fingerprint density at radius 1 is 0.510 bits per heavy atom. The van der Waals surface area contributed by atoms with E-state index in [0.717, 1.165) is 35.5 Å². The van der Waals surface area contributed by atoms with Crippen molar-refractivity contribution in [3.05, 3.63) is 157 Å². The first kappa shape index (κ1) is 26.8. The molecule has 6 aliphatic carbocycles. The van der Waals surface area contributed by atoms with E-state index in [1.807, 2.05) is 0 Å². The molecule has 236 valence electrons. The fourth-order valence-electron chi connectivity index (χ4n) is 12.6. The number of rotatable bonds is 4. The Morgan fingerprint density at radius 3 is 2.10 bits per heavy atom. The van der Waals surface area contributed by atoms with E-state index in [1.165, 1.54) is 81.4 Å². The molecule has 6 bridgehead atoms. The van der Waals surface area contributed by atoms with Crippen molar-refractivity contribution in [3.63, 3.8) is 0 Å². The quantitative estimate of drug-likeness (QED) is 0.188. The van der Waals surface area contributed by atoms with Crippen molar-refractivity contribution in [1.82, 2.24) is 4.57 Å². The third-order valence-corrected chi connectivity index (χ3v) is 14.0. The summed E-state index contributed by atoms with van der Waals surface area (Å²) in [6.07, 6.45) is 5.85. The maximum Gasteiger partial charge on any atom is 0.0561 e. The Hall–Kier alpha value is -5.08. The maximum atomic E-state index is 2.57. The SMILES string of the molecule is c1ccc(N(c2ccc3c(c2)-c2ccccc2C32C3CC4CC5CC2C4C5C3)c2ccc3c4ccccc4n(-c4ccccc4)c3c2)cc1. The number of hydrogen-bond donors (Lipinski definition) is 0. The molecule has 0 radical (unpaired) electrons. The second-order valence-electron chi connectivity index (χ2n) is 15.7. The first-order valence-corrected chi connectivity index (χ1v) is 18.5. The maximum absolute atomic E-state index is 2.57. The average molecular weight is 631 g/mol. The van der Waals surface area contributed by atoms with Gasteiger partial charge in [0.25, 0.3) is 0 Å². The van der Waals surface area contributed by atoms with Crippen molar-refractivity contribution in [2.75, 3.05) is 4.90 Å². The molecule has 7 atom stereocenters. The Morgan fingerprint density at radius 2 is 1.22 bits per heavy atom. The van der Waals surface area contributed by atoms with Crippen LogP contribution in [0.3, 0.4) is 0 Å². The summed E-state index contributed by atoms with van der Waals surface area (Å²) in [5.74, 6) is 5.51. The average Bonchev–Trinajstić information content (AvgIpc) is 3.82. The molecular formula is C47H38N2. The predicted octanol–water partition coefficient (Wildman–Crippen LogP) is 11.8. The van der Waals surface area contributed by atoms with Crippen molar-refractivity contribution < 1.29 is 0 Å². The van der Waals surface area contributed by atoms with Crippen molar-refractivity contribution in [3.8, 4) is 16.8 Å². The molecule has 5 fully saturated rings. The Bertz CT molecular complexity index is 2460. The molecule has 0 amide bonds. The smallest absolute Gasteiger partial charge is 0.0561 e. The van der Waals surface area contributed by atoms with Gasteiger partial charge in [-0.25, -0.2) is 0 Å². The van der Waals surface area contributed by atoms with Crippen LogP contribution in [0.25, 0.3) is 38.6 Å². The van der Waals surface area contributed by atoms with E-state index in [9.17, 15) is 0 Å². The van der Waals surface area contributed by atoms with Crippen molar-refractivity contribution >= 4 is 38.9 Å². The van der Waals surface area contributed by atoms with E-state index >= 15 is 0 Å². The summed E-state index contributed by atoms with van der Waals surface area (Å²) < 4.78 is 2.43.